The number of hydrogen-bond acceptors (Lipinski definition) is 2. The third kappa shape index (κ3) is 1.61. The fraction of sp³-hybridized carbons (Fsp3) is 0.750. The standard InChI is InChI=1S/C12H19N3O/c16-12-10-7-13-8-11(10)15(14-12)9-5-3-1-2-4-6-9/h9,13H,1-8H2,(H,14,16). The van der Waals surface area contributed by atoms with Crippen LogP contribution in [0.5, 0.6) is 0 Å². The van der Waals surface area contributed by atoms with E-state index in [9.17, 15) is 4.79 Å². The minimum absolute atomic E-state index is 0.115. The Labute approximate surface area is 95.0 Å². The van der Waals surface area contributed by atoms with Gasteiger partial charge in [-0.25, -0.2) is 0 Å². The molecule has 2 N–H and O–H groups in total. The Balaban J connectivity index is 1.93. The molecule has 4 nitrogen and oxygen atoms in total. The lowest BCUT2D eigenvalue weighted by atomic mass is 10.1. The van der Waals surface area contributed by atoms with Gasteiger partial charge in [0.05, 0.1) is 17.3 Å². The van der Waals surface area contributed by atoms with Gasteiger partial charge in [-0.2, -0.15) is 0 Å². The van der Waals surface area contributed by atoms with Crippen molar-refractivity contribution >= 4 is 0 Å². The van der Waals surface area contributed by atoms with Crippen molar-refractivity contribution in [2.45, 2.75) is 57.7 Å². The highest BCUT2D eigenvalue weighted by molar-refractivity contribution is 5.22. The van der Waals surface area contributed by atoms with Crippen LogP contribution in [0.25, 0.3) is 0 Å². The largest absolute Gasteiger partial charge is 0.307 e. The number of aromatic amines is 1. The Morgan fingerprint density at radius 2 is 1.81 bits per heavy atom. The molecule has 0 radical (unpaired) electrons. The summed E-state index contributed by atoms with van der Waals surface area (Å²) in [5.74, 6) is 0. The minimum Gasteiger partial charge on any atom is -0.307 e. The SMILES string of the molecule is O=c1[nH]n(C2CCCCCC2)c2c1CNC2. The second-order valence-electron chi connectivity index (χ2n) is 4.99. The van der Waals surface area contributed by atoms with Crippen molar-refractivity contribution < 1.29 is 0 Å². The van der Waals surface area contributed by atoms with E-state index in [2.05, 4.69) is 15.1 Å². The molecule has 4 heteroatoms. The highest BCUT2D eigenvalue weighted by Gasteiger charge is 2.24. The lowest BCUT2D eigenvalue weighted by Crippen LogP contribution is -2.18. The van der Waals surface area contributed by atoms with Gasteiger partial charge in [-0.3, -0.25) is 14.6 Å². The third-order valence-corrected chi connectivity index (χ3v) is 3.92. The first-order valence-electron chi connectivity index (χ1n) is 6.39. The lowest BCUT2D eigenvalue weighted by molar-refractivity contribution is 0.390. The van der Waals surface area contributed by atoms with E-state index in [4.69, 9.17) is 0 Å². The summed E-state index contributed by atoms with van der Waals surface area (Å²) in [6, 6.07) is 0.527. The summed E-state index contributed by atoms with van der Waals surface area (Å²) in [5, 5.41) is 6.30. The quantitative estimate of drug-likeness (QED) is 0.709. The highest BCUT2D eigenvalue weighted by atomic mass is 16.1. The van der Waals surface area contributed by atoms with E-state index in [0.717, 1.165) is 18.7 Å². The Hall–Kier alpha value is -1.03. The number of fused-ring (bicyclic) bond motifs is 1. The molecule has 1 aliphatic heterocycles. The molecule has 3 rings (SSSR count). The molecule has 1 saturated carbocycles. The van der Waals surface area contributed by atoms with E-state index in [1.807, 2.05) is 0 Å². The predicted molar refractivity (Wildman–Crippen MR) is 62.3 cm³/mol. The number of nitrogens with zero attached hydrogens (tertiary/aromatic N) is 1. The van der Waals surface area contributed by atoms with Gasteiger partial charge < -0.3 is 5.32 Å². The maximum absolute atomic E-state index is 11.7. The van der Waals surface area contributed by atoms with Gasteiger partial charge >= 0.3 is 0 Å². The Morgan fingerprint density at radius 3 is 2.56 bits per heavy atom. The molecular formula is C12H19N3O. The van der Waals surface area contributed by atoms with Crippen LogP contribution >= 0.6 is 0 Å². The number of hydrogen-bond donors (Lipinski definition) is 2. The first-order valence-corrected chi connectivity index (χ1v) is 6.39. The van der Waals surface area contributed by atoms with Crippen molar-refractivity contribution in [2.75, 3.05) is 0 Å². The maximum atomic E-state index is 11.7. The average molecular weight is 221 g/mol. The Bertz CT molecular complexity index is 424. The maximum Gasteiger partial charge on any atom is 0.268 e. The molecule has 1 aromatic heterocycles. The summed E-state index contributed by atoms with van der Waals surface area (Å²) in [6.45, 7) is 1.59. The minimum atomic E-state index is 0.115. The van der Waals surface area contributed by atoms with E-state index in [1.165, 1.54) is 44.2 Å². The fourth-order valence-electron chi connectivity index (χ4n) is 3.03. The molecule has 0 aromatic carbocycles. The highest BCUT2D eigenvalue weighted by Crippen LogP contribution is 2.28. The van der Waals surface area contributed by atoms with Crippen LogP contribution in [0.15, 0.2) is 4.79 Å². The fourth-order valence-corrected chi connectivity index (χ4v) is 3.03. The van der Waals surface area contributed by atoms with E-state index in [0.29, 0.717) is 6.04 Å². The predicted octanol–water partition coefficient (Wildman–Crippen LogP) is 1.67. The first-order chi connectivity index (χ1) is 7.86. The van der Waals surface area contributed by atoms with Gasteiger partial charge in [-0.05, 0) is 12.8 Å². The molecule has 0 unspecified atom stereocenters. The first kappa shape index (κ1) is 10.1. The smallest absolute Gasteiger partial charge is 0.268 e. The number of H-pyrrole nitrogens is 1. The average Bonchev–Trinajstić information content (AvgIpc) is 2.75. The molecule has 0 amide bonds. The van der Waals surface area contributed by atoms with Crippen LogP contribution in [0, 0.1) is 0 Å². The van der Waals surface area contributed by atoms with Crippen LogP contribution in [0.3, 0.4) is 0 Å². The molecular weight excluding hydrogens is 202 g/mol. The van der Waals surface area contributed by atoms with Gasteiger partial charge in [0.2, 0.25) is 0 Å². The molecule has 0 saturated heterocycles. The normalized spacial score (nSPS) is 22.0. The molecule has 88 valence electrons. The number of nitrogens with one attached hydrogen (secondary N) is 2. The van der Waals surface area contributed by atoms with Gasteiger partial charge in [0.1, 0.15) is 0 Å². The molecule has 0 atom stereocenters. The summed E-state index contributed by atoms with van der Waals surface area (Å²) >= 11 is 0. The summed E-state index contributed by atoms with van der Waals surface area (Å²) in [4.78, 5) is 11.7. The van der Waals surface area contributed by atoms with E-state index in [-0.39, 0.29) is 5.56 Å². The zero-order valence-electron chi connectivity index (χ0n) is 9.59. The van der Waals surface area contributed by atoms with E-state index < -0.39 is 0 Å². The molecule has 0 bridgehead atoms. The van der Waals surface area contributed by atoms with Crippen LogP contribution in [0.4, 0.5) is 0 Å². The topological polar surface area (TPSA) is 49.8 Å². The number of rotatable bonds is 1. The van der Waals surface area contributed by atoms with Crippen LogP contribution in [0.1, 0.15) is 55.8 Å². The van der Waals surface area contributed by atoms with E-state index in [1.54, 1.807) is 0 Å². The van der Waals surface area contributed by atoms with Gasteiger partial charge in [-0.1, -0.05) is 25.7 Å². The summed E-state index contributed by atoms with van der Waals surface area (Å²) < 4.78 is 2.16. The van der Waals surface area contributed by atoms with Gasteiger partial charge in [0, 0.05) is 13.1 Å². The van der Waals surface area contributed by atoms with E-state index >= 15 is 0 Å². The second-order valence-corrected chi connectivity index (χ2v) is 4.99. The van der Waals surface area contributed by atoms with Gasteiger partial charge in [-0.15, -0.1) is 0 Å². The van der Waals surface area contributed by atoms with Crippen LogP contribution in [-0.4, -0.2) is 9.78 Å². The molecule has 1 fully saturated rings. The molecule has 1 aromatic rings. The van der Waals surface area contributed by atoms with Crippen molar-refractivity contribution in [2.24, 2.45) is 0 Å². The third-order valence-electron chi connectivity index (χ3n) is 3.92. The van der Waals surface area contributed by atoms with Crippen molar-refractivity contribution in [1.29, 1.82) is 0 Å². The van der Waals surface area contributed by atoms with Crippen LogP contribution in [-0.2, 0) is 13.1 Å². The second kappa shape index (κ2) is 4.09. The van der Waals surface area contributed by atoms with Crippen molar-refractivity contribution in [3.63, 3.8) is 0 Å². The molecule has 0 spiro atoms. The van der Waals surface area contributed by atoms with Crippen LogP contribution < -0.4 is 10.9 Å². The summed E-state index contributed by atoms with van der Waals surface area (Å²) in [7, 11) is 0. The summed E-state index contributed by atoms with van der Waals surface area (Å²) in [6.07, 6.45) is 7.74. The van der Waals surface area contributed by atoms with Gasteiger partial charge in [0.25, 0.3) is 5.56 Å². The van der Waals surface area contributed by atoms with Crippen LogP contribution in [0.2, 0.25) is 0 Å². The Kier molecular flexibility index (Phi) is 2.59. The monoisotopic (exact) mass is 221 g/mol. The Morgan fingerprint density at radius 1 is 1.06 bits per heavy atom. The molecule has 2 aliphatic rings. The number of aromatic nitrogens is 2. The molecule has 16 heavy (non-hydrogen) atoms. The van der Waals surface area contributed by atoms with Crippen molar-refractivity contribution in [3.05, 3.63) is 21.6 Å². The molecule has 2 heterocycles. The van der Waals surface area contributed by atoms with Crippen molar-refractivity contribution in [3.8, 4) is 0 Å². The molecule has 1 aliphatic carbocycles. The van der Waals surface area contributed by atoms with Crippen molar-refractivity contribution in [1.82, 2.24) is 15.1 Å². The lowest BCUT2D eigenvalue weighted by Gasteiger charge is -2.18. The zero-order chi connectivity index (χ0) is 11.0. The summed E-state index contributed by atoms with van der Waals surface area (Å²) in [5.41, 5.74) is 2.28. The van der Waals surface area contributed by atoms with Gasteiger partial charge in [0.15, 0.2) is 0 Å². The zero-order valence-corrected chi connectivity index (χ0v) is 9.59.